The number of aromatic nitrogens is 6. The fraction of sp³-hybridized carbons (Fsp3) is 0. The van der Waals surface area contributed by atoms with E-state index in [-0.39, 0.29) is 0 Å². The van der Waals surface area contributed by atoms with Gasteiger partial charge in [0, 0.05) is 77.2 Å². The van der Waals surface area contributed by atoms with Crippen LogP contribution in [0.25, 0.3) is 166 Å². The molecule has 0 aliphatic carbocycles. The molecule has 0 saturated heterocycles. The molecule has 12 aromatic carbocycles. The van der Waals surface area contributed by atoms with Crippen molar-refractivity contribution >= 4 is 109 Å². The van der Waals surface area contributed by atoms with Gasteiger partial charge in [-0.2, -0.15) is 4.98 Å². The molecule has 6 heterocycles. The van der Waals surface area contributed by atoms with Gasteiger partial charge >= 0.3 is 0 Å². The highest BCUT2D eigenvalue weighted by atomic mass is 16.3. The second-order valence-corrected chi connectivity index (χ2v) is 21.7. The van der Waals surface area contributed by atoms with E-state index in [0.717, 1.165) is 88.6 Å². The number of nitrogens with zero attached hydrogens (tertiary/aromatic N) is 6. The van der Waals surface area contributed by atoms with Gasteiger partial charge in [0.2, 0.25) is 11.7 Å². The highest BCUT2D eigenvalue weighted by molar-refractivity contribution is 6.16. The molecule has 0 N–H and O–H groups in total. The van der Waals surface area contributed by atoms with E-state index in [4.69, 9.17) is 14.4 Å². The zero-order valence-electron chi connectivity index (χ0n) is 44.6. The van der Waals surface area contributed by atoms with Gasteiger partial charge in [-0.05, 0) is 131 Å². The van der Waals surface area contributed by atoms with Crippen LogP contribution in [0.15, 0.2) is 283 Å². The first-order chi connectivity index (χ1) is 41.2. The highest BCUT2D eigenvalue weighted by Crippen LogP contribution is 2.43. The van der Waals surface area contributed by atoms with Crippen LogP contribution in [0, 0.1) is 0 Å². The summed E-state index contributed by atoms with van der Waals surface area (Å²) in [5, 5.41) is 11.4. The molecular formula is C76H46N6O. The van der Waals surface area contributed by atoms with Crippen molar-refractivity contribution in [3.05, 3.63) is 279 Å². The zero-order valence-corrected chi connectivity index (χ0v) is 44.6. The van der Waals surface area contributed by atoms with Crippen LogP contribution in [0.1, 0.15) is 0 Å². The maximum atomic E-state index is 7.00. The van der Waals surface area contributed by atoms with Gasteiger partial charge in [-0.1, -0.05) is 164 Å². The first kappa shape index (κ1) is 45.6. The van der Waals surface area contributed by atoms with E-state index in [9.17, 15) is 0 Å². The standard InChI is InChI=1S/C76H46N6O/c1-4-18-47(19-5-1)74-73-59-37-36-54(81-66-30-16-12-26-57(66)62-44-50(34-40-70(62)81)48-32-38-68-60(42-48)55-24-10-14-28-64(55)79(68)52-20-6-2-7-21-52)46-72(59)83-75(73)78-76(77-74)82-67-31-17-13-27-58(67)63-45-51(35-41-71(63)82)49-33-39-69-61(43-49)56-25-11-15-29-65(56)80(69)53-22-8-3-9-23-53/h1-46H. The second-order valence-electron chi connectivity index (χ2n) is 21.7. The normalized spacial score (nSPS) is 12.1. The summed E-state index contributed by atoms with van der Waals surface area (Å²) in [6.07, 6.45) is 0. The lowest BCUT2D eigenvalue weighted by atomic mass is 10.0. The molecule has 0 aliphatic rings. The van der Waals surface area contributed by atoms with Gasteiger partial charge in [0.05, 0.1) is 55.2 Å². The molecule has 18 rings (SSSR count). The molecule has 386 valence electrons. The molecule has 0 amide bonds. The Bertz CT molecular complexity index is 5680. The number of rotatable bonds is 7. The van der Waals surface area contributed by atoms with Crippen molar-refractivity contribution in [1.82, 2.24) is 28.2 Å². The fourth-order valence-corrected chi connectivity index (χ4v) is 13.5. The Hall–Kier alpha value is -11.3. The van der Waals surface area contributed by atoms with E-state index in [0.29, 0.717) is 11.7 Å². The predicted octanol–water partition coefficient (Wildman–Crippen LogP) is 19.8. The SMILES string of the molecule is c1ccc(-c2nc(-n3c4ccccc4c4cc(-c5ccc6c(c5)c5ccccc5n6-c5ccccc5)ccc43)nc3oc4cc(-n5c6ccccc6c6cc(-c7ccc8c(c7)c7ccccc7n8-c7ccccc7)ccc65)ccc4c23)cc1. The predicted molar refractivity (Wildman–Crippen MR) is 343 cm³/mol. The average molecular weight is 1060 g/mol. The van der Waals surface area contributed by atoms with Crippen molar-refractivity contribution in [2.45, 2.75) is 0 Å². The third-order valence-corrected chi connectivity index (χ3v) is 17.2. The molecule has 0 bridgehead atoms. The number of hydrogen-bond acceptors (Lipinski definition) is 3. The molecule has 0 spiro atoms. The van der Waals surface area contributed by atoms with Crippen molar-refractivity contribution < 1.29 is 4.42 Å². The minimum atomic E-state index is 0.530. The summed E-state index contributed by atoms with van der Waals surface area (Å²) in [6, 6.07) is 100. The van der Waals surface area contributed by atoms with Gasteiger partial charge < -0.3 is 18.1 Å². The van der Waals surface area contributed by atoms with Gasteiger partial charge in [0.1, 0.15) is 5.58 Å². The first-order valence-corrected chi connectivity index (χ1v) is 28.2. The molecule has 7 heteroatoms. The van der Waals surface area contributed by atoms with Crippen LogP contribution in [-0.2, 0) is 0 Å². The van der Waals surface area contributed by atoms with Crippen molar-refractivity contribution in [1.29, 1.82) is 0 Å². The summed E-state index contributed by atoms with van der Waals surface area (Å²) >= 11 is 0. The third kappa shape index (κ3) is 6.79. The summed E-state index contributed by atoms with van der Waals surface area (Å²) in [6.45, 7) is 0. The van der Waals surface area contributed by atoms with E-state index in [2.05, 4.69) is 291 Å². The molecule has 0 saturated carbocycles. The number of benzene rings is 12. The maximum absolute atomic E-state index is 7.00. The van der Waals surface area contributed by atoms with E-state index in [1.807, 2.05) is 6.07 Å². The summed E-state index contributed by atoms with van der Waals surface area (Å²) in [4.78, 5) is 10.9. The Morgan fingerprint density at radius 1 is 0.241 bits per heavy atom. The second kappa shape index (κ2) is 17.6. The minimum absolute atomic E-state index is 0.530. The van der Waals surface area contributed by atoms with Crippen molar-refractivity contribution in [2.24, 2.45) is 0 Å². The topological polar surface area (TPSA) is 58.6 Å². The summed E-state index contributed by atoms with van der Waals surface area (Å²) in [7, 11) is 0. The van der Waals surface area contributed by atoms with Crippen molar-refractivity contribution in [3.8, 4) is 56.5 Å². The molecule has 0 unspecified atom stereocenters. The van der Waals surface area contributed by atoms with Crippen molar-refractivity contribution in [3.63, 3.8) is 0 Å². The van der Waals surface area contributed by atoms with Crippen LogP contribution in [0.4, 0.5) is 0 Å². The van der Waals surface area contributed by atoms with Crippen LogP contribution < -0.4 is 0 Å². The highest BCUT2D eigenvalue weighted by Gasteiger charge is 2.24. The Balaban J connectivity index is 0.767. The van der Waals surface area contributed by atoms with Crippen LogP contribution in [0.5, 0.6) is 0 Å². The Morgan fingerprint density at radius 3 is 1.05 bits per heavy atom. The minimum Gasteiger partial charge on any atom is -0.437 e. The van der Waals surface area contributed by atoms with Gasteiger partial charge in [0.25, 0.3) is 0 Å². The van der Waals surface area contributed by atoms with Gasteiger partial charge in [-0.3, -0.25) is 4.57 Å². The van der Waals surface area contributed by atoms with E-state index >= 15 is 0 Å². The molecule has 18 aromatic rings. The fourth-order valence-electron chi connectivity index (χ4n) is 13.5. The quantitative estimate of drug-likeness (QED) is 0.160. The van der Waals surface area contributed by atoms with E-state index in [1.54, 1.807) is 0 Å². The monoisotopic (exact) mass is 1060 g/mol. The largest absolute Gasteiger partial charge is 0.437 e. The van der Waals surface area contributed by atoms with Gasteiger partial charge in [-0.25, -0.2) is 4.98 Å². The average Bonchev–Trinajstić information content (AvgIpc) is 4.46. The number of para-hydroxylation sites is 6. The Kier molecular flexibility index (Phi) is 9.67. The Morgan fingerprint density at radius 2 is 0.602 bits per heavy atom. The lowest BCUT2D eigenvalue weighted by Gasteiger charge is -2.10. The van der Waals surface area contributed by atoms with E-state index < -0.39 is 0 Å². The summed E-state index contributed by atoms with van der Waals surface area (Å²) in [5.74, 6) is 0.545. The van der Waals surface area contributed by atoms with Crippen LogP contribution in [0.2, 0.25) is 0 Å². The van der Waals surface area contributed by atoms with Gasteiger partial charge in [0.15, 0.2) is 0 Å². The number of hydrogen-bond donors (Lipinski definition) is 0. The molecule has 0 fully saturated rings. The molecule has 83 heavy (non-hydrogen) atoms. The molecule has 7 nitrogen and oxygen atoms in total. The van der Waals surface area contributed by atoms with Crippen molar-refractivity contribution in [2.75, 3.05) is 0 Å². The molecule has 0 aliphatic heterocycles. The number of furan rings is 1. The number of fused-ring (bicyclic) bond motifs is 15. The Labute approximate surface area is 475 Å². The summed E-state index contributed by atoms with van der Waals surface area (Å²) < 4.78 is 16.3. The lowest BCUT2D eigenvalue weighted by Crippen LogP contribution is -2.02. The smallest absolute Gasteiger partial charge is 0.238 e. The molecular weight excluding hydrogens is 1010 g/mol. The third-order valence-electron chi connectivity index (χ3n) is 17.2. The molecule has 6 aromatic heterocycles. The zero-order chi connectivity index (χ0) is 54.3. The van der Waals surface area contributed by atoms with E-state index in [1.165, 1.54) is 65.5 Å². The maximum Gasteiger partial charge on any atom is 0.238 e. The molecule has 0 radical (unpaired) electrons. The van der Waals surface area contributed by atoms with Crippen LogP contribution in [0.3, 0.4) is 0 Å². The first-order valence-electron chi connectivity index (χ1n) is 28.2. The van der Waals surface area contributed by atoms with Crippen LogP contribution in [-0.4, -0.2) is 28.2 Å². The molecule has 0 atom stereocenters. The summed E-state index contributed by atoms with van der Waals surface area (Å²) in [5.41, 5.74) is 20.0. The van der Waals surface area contributed by atoms with Gasteiger partial charge in [-0.15, -0.1) is 0 Å². The van der Waals surface area contributed by atoms with Crippen LogP contribution >= 0.6 is 0 Å². The lowest BCUT2D eigenvalue weighted by molar-refractivity contribution is 0.651.